The molecule has 3 aromatic rings. The first-order valence-electron chi connectivity index (χ1n) is 9.11. The van der Waals surface area contributed by atoms with E-state index in [1.54, 1.807) is 36.5 Å². The zero-order valence-corrected chi connectivity index (χ0v) is 16.6. The molecule has 1 aromatic heterocycles. The maximum atomic E-state index is 13.3. The van der Waals surface area contributed by atoms with Gasteiger partial charge >= 0.3 is 0 Å². The Hall–Kier alpha value is -3.51. The summed E-state index contributed by atoms with van der Waals surface area (Å²) in [7, 11) is 0. The van der Waals surface area contributed by atoms with Crippen LogP contribution in [0.1, 0.15) is 22.7 Å². The molecular weight excluding hydrogens is 407 g/mol. The number of carbonyl (C=O) groups is 2. The molecule has 7 heteroatoms. The molecule has 30 heavy (non-hydrogen) atoms. The van der Waals surface area contributed by atoms with Gasteiger partial charge in [-0.05, 0) is 60.5 Å². The van der Waals surface area contributed by atoms with Gasteiger partial charge in [-0.25, -0.2) is 4.39 Å². The lowest BCUT2D eigenvalue weighted by molar-refractivity contribution is -0.132. The molecule has 0 saturated carbocycles. The van der Waals surface area contributed by atoms with E-state index in [-0.39, 0.29) is 16.9 Å². The summed E-state index contributed by atoms with van der Waals surface area (Å²) in [5.41, 5.74) is 1.90. The van der Waals surface area contributed by atoms with Crippen molar-refractivity contribution >= 4 is 34.7 Å². The van der Waals surface area contributed by atoms with Gasteiger partial charge in [-0.1, -0.05) is 23.7 Å². The van der Waals surface area contributed by atoms with Crippen LogP contribution in [0.2, 0.25) is 5.02 Å². The van der Waals surface area contributed by atoms with Crippen LogP contribution in [0.25, 0.3) is 5.76 Å². The Bertz CT molecular complexity index is 1180. The standard InChI is InChI=1S/C23H16ClFN2O3/c1-13-4-9-17(11-18(13)24)27-20(15-3-2-10-26-12-15)19(22(29)23(27)30)21(28)14-5-7-16(25)8-6-14/h2-12,20,28H,1H3/b21-19+. The van der Waals surface area contributed by atoms with Crippen LogP contribution in [0, 0.1) is 12.7 Å². The summed E-state index contributed by atoms with van der Waals surface area (Å²) in [6.07, 6.45) is 3.09. The van der Waals surface area contributed by atoms with Crippen LogP contribution >= 0.6 is 11.6 Å². The highest BCUT2D eigenvalue weighted by Crippen LogP contribution is 2.42. The average Bonchev–Trinajstić information content (AvgIpc) is 3.01. The van der Waals surface area contributed by atoms with E-state index in [2.05, 4.69) is 4.98 Å². The van der Waals surface area contributed by atoms with Crippen molar-refractivity contribution in [3.05, 3.63) is 100 Å². The molecule has 1 N–H and O–H groups in total. The summed E-state index contributed by atoms with van der Waals surface area (Å²) < 4.78 is 13.3. The first-order chi connectivity index (χ1) is 14.4. The smallest absolute Gasteiger partial charge is 0.300 e. The van der Waals surface area contributed by atoms with Gasteiger partial charge in [-0.3, -0.25) is 19.5 Å². The summed E-state index contributed by atoms with van der Waals surface area (Å²) in [6, 6.07) is 12.5. The quantitative estimate of drug-likeness (QED) is 0.373. The van der Waals surface area contributed by atoms with Gasteiger partial charge in [0.15, 0.2) is 0 Å². The van der Waals surface area contributed by atoms with E-state index in [0.717, 1.165) is 5.56 Å². The lowest BCUT2D eigenvalue weighted by atomic mass is 9.96. The lowest BCUT2D eigenvalue weighted by Gasteiger charge is -2.25. The molecule has 1 aliphatic rings. The van der Waals surface area contributed by atoms with Crippen molar-refractivity contribution in [1.82, 2.24) is 4.98 Å². The molecule has 2 aromatic carbocycles. The molecule has 0 spiro atoms. The Morgan fingerprint density at radius 1 is 1.13 bits per heavy atom. The Morgan fingerprint density at radius 3 is 2.50 bits per heavy atom. The number of amides is 1. The van der Waals surface area contributed by atoms with Gasteiger partial charge in [-0.2, -0.15) is 0 Å². The van der Waals surface area contributed by atoms with Crippen LogP contribution < -0.4 is 4.90 Å². The molecule has 1 saturated heterocycles. The van der Waals surface area contributed by atoms with Crippen molar-refractivity contribution in [2.75, 3.05) is 4.90 Å². The number of pyridine rings is 1. The van der Waals surface area contributed by atoms with Gasteiger partial charge in [-0.15, -0.1) is 0 Å². The number of hydrogen-bond acceptors (Lipinski definition) is 4. The van der Waals surface area contributed by atoms with Crippen LogP contribution in [0.15, 0.2) is 72.6 Å². The molecule has 150 valence electrons. The highest BCUT2D eigenvalue weighted by atomic mass is 35.5. The van der Waals surface area contributed by atoms with Gasteiger partial charge < -0.3 is 5.11 Å². The number of aliphatic hydroxyl groups excluding tert-OH is 1. The molecule has 4 rings (SSSR count). The summed E-state index contributed by atoms with van der Waals surface area (Å²) >= 11 is 6.25. The van der Waals surface area contributed by atoms with Gasteiger partial charge in [0.25, 0.3) is 11.7 Å². The molecule has 1 aliphatic heterocycles. The Labute approximate surface area is 177 Å². The first-order valence-corrected chi connectivity index (χ1v) is 9.49. The number of nitrogens with zero attached hydrogens (tertiary/aromatic N) is 2. The third-order valence-electron chi connectivity index (χ3n) is 5.00. The third kappa shape index (κ3) is 3.35. The van der Waals surface area contributed by atoms with E-state index in [1.165, 1.54) is 35.4 Å². The topological polar surface area (TPSA) is 70.5 Å². The molecule has 1 amide bonds. The largest absolute Gasteiger partial charge is 0.507 e. The Kier molecular flexibility index (Phi) is 5.10. The number of Topliss-reactive ketones (excluding diaryl/α,β-unsaturated/α-hetero) is 1. The minimum atomic E-state index is -0.914. The number of rotatable bonds is 3. The van der Waals surface area contributed by atoms with Crippen LogP contribution in [-0.4, -0.2) is 21.8 Å². The van der Waals surface area contributed by atoms with Crippen LogP contribution in [0.5, 0.6) is 0 Å². The summed E-state index contributed by atoms with van der Waals surface area (Å²) in [6.45, 7) is 1.83. The minimum Gasteiger partial charge on any atom is -0.507 e. The minimum absolute atomic E-state index is 0.101. The highest BCUT2D eigenvalue weighted by Gasteiger charge is 2.47. The Balaban J connectivity index is 1.94. The number of benzene rings is 2. The maximum absolute atomic E-state index is 13.3. The molecular formula is C23H16ClFN2O3. The molecule has 0 radical (unpaired) electrons. The molecule has 2 heterocycles. The number of hydrogen-bond donors (Lipinski definition) is 1. The number of ketones is 1. The third-order valence-corrected chi connectivity index (χ3v) is 5.40. The van der Waals surface area contributed by atoms with E-state index in [0.29, 0.717) is 16.3 Å². The fraction of sp³-hybridized carbons (Fsp3) is 0.0870. The van der Waals surface area contributed by atoms with Gasteiger partial charge in [0.2, 0.25) is 0 Å². The summed E-state index contributed by atoms with van der Waals surface area (Å²) in [5, 5.41) is 11.3. The molecule has 0 aliphatic carbocycles. The number of aliphatic hydroxyl groups is 1. The maximum Gasteiger partial charge on any atom is 0.300 e. The van der Waals surface area contributed by atoms with Crippen molar-refractivity contribution in [2.24, 2.45) is 0 Å². The molecule has 1 atom stereocenters. The summed E-state index contributed by atoms with van der Waals surface area (Å²) in [5.74, 6) is -2.51. The van der Waals surface area contributed by atoms with Crippen molar-refractivity contribution in [1.29, 1.82) is 0 Å². The van der Waals surface area contributed by atoms with E-state index in [4.69, 9.17) is 11.6 Å². The normalized spacial score (nSPS) is 18.1. The number of carbonyl (C=O) groups excluding carboxylic acids is 2. The van der Waals surface area contributed by atoms with Crippen LogP contribution in [0.3, 0.4) is 0 Å². The number of aromatic nitrogens is 1. The number of anilines is 1. The van der Waals surface area contributed by atoms with Gasteiger partial charge in [0.05, 0.1) is 11.6 Å². The zero-order valence-electron chi connectivity index (χ0n) is 15.8. The van der Waals surface area contributed by atoms with E-state index >= 15 is 0 Å². The van der Waals surface area contributed by atoms with Crippen molar-refractivity contribution in [2.45, 2.75) is 13.0 Å². The van der Waals surface area contributed by atoms with Crippen molar-refractivity contribution in [3.63, 3.8) is 0 Å². The first kappa shape index (κ1) is 19.8. The second kappa shape index (κ2) is 7.72. The monoisotopic (exact) mass is 422 g/mol. The van der Waals surface area contributed by atoms with Gasteiger partial charge in [0.1, 0.15) is 11.6 Å². The predicted molar refractivity (Wildman–Crippen MR) is 112 cm³/mol. The van der Waals surface area contributed by atoms with E-state index in [9.17, 15) is 19.1 Å². The molecule has 1 unspecified atom stereocenters. The van der Waals surface area contributed by atoms with Crippen molar-refractivity contribution < 1.29 is 19.1 Å². The number of aryl methyl sites for hydroxylation is 1. The molecule has 0 bridgehead atoms. The fourth-order valence-corrected chi connectivity index (χ4v) is 3.62. The van der Waals surface area contributed by atoms with Gasteiger partial charge in [0, 0.05) is 28.7 Å². The van der Waals surface area contributed by atoms with Crippen LogP contribution in [-0.2, 0) is 9.59 Å². The molecule has 5 nitrogen and oxygen atoms in total. The average molecular weight is 423 g/mol. The second-order valence-electron chi connectivity index (χ2n) is 6.90. The van der Waals surface area contributed by atoms with E-state index < -0.39 is 23.5 Å². The lowest BCUT2D eigenvalue weighted by Crippen LogP contribution is -2.29. The van der Waals surface area contributed by atoms with E-state index in [1.807, 2.05) is 6.92 Å². The second-order valence-corrected chi connectivity index (χ2v) is 7.30. The SMILES string of the molecule is Cc1ccc(N2C(=O)C(=O)/C(=C(/O)c3ccc(F)cc3)C2c2cccnc2)cc1Cl. The molecule has 1 fully saturated rings. The predicted octanol–water partition coefficient (Wildman–Crippen LogP) is 4.81. The number of halogens is 2. The zero-order chi connectivity index (χ0) is 21.4. The highest BCUT2D eigenvalue weighted by molar-refractivity contribution is 6.51. The fourth-order valence-electron chi connectivity index (χ4n) is 3.45. The Morgan fingerprint density at radius 2 is 1.87 bits per heavy atom. The van der Waals surface area contributed by atoms with Crippen molar-refractivity contribution in [3.8, 4) is 0 Å². The summed E-state index contributed by atoms with van der Waals surface area (Å²) in [4.78, 5) is 31.3. The van der Waals surface area contributed by atoms with Crippen LogP contribution in [0.4, 0.5) is 10.1 Å².